The van der Waals surface area contributed by atoms with E-state index >= 15 is 0 Å². The van der Waals surface area contributed by atoms with Gasteiger partial charge in [-0.25, -0.2) is 0 Å². The Balaban J connectivity index is 1.96. The Morgan fingerprint density at radius 1 is 1.05 bits per heavy atom. The third-order valence-corrected chi connectivity index (χ3v) is 3.18. The van der Waals surface area contributed by atoms with Crippen LogP contribution in [-0.4, -0.2) is 15.9 Å². The van der Waals surface area contributed by atoms with Gasteiger partial charge >= 0.3 is 0 Å². The average Bonchev–Trinajstić information content (AvgIpc) is 2.55. The van der Waals surface area contributed by atoms with Crippen LogP contribution in [0.1, 0.15) is 5.56 Å². The zero-order valence-electron chi connectivity index (χ0n) is 11.6. The Morgan fingerprint density at radius 2 is 1.82 bits per heavy atom. The molecule has 2 aromatic carbocycles. The number of hydrogen-bond acceptors (Lipinski definition) is 5. The van der Waals surface area contributed by atoms with Crippen LogP contribution in [0.5, 0.6) is 5.75 Å². The van der Waals surface area contributed by atoms with Crippen molar-refractivity contribution in [2.24, 2.45) is 16.0 Å². The van der Waals surface area contributed by atoms with Crippen LogP contribution in [0.4, 0.5) is 11.4 Å². The number of nitrogens with two attached hydrogens (primary N) is 1. The predicted molar refractivity (Wildman–Crippen MR) is 85.0 cm³/mol. The lowest BCUT2D eigenvalue weighted by atomic mass is 10.2. The van der Waals surface area contributed by atoms with Gasteiger partial charge < -0.3 is 10.8 Å². The lowest BCUT2D eigenvalue weighted by Gasteiger charge is -2.02. The van der Waals surface area contributed by atoms with Gasteiger partial charge in [-0.1, -0.05) is 0 Å². The molecule has 0 atom stereocenters. The molecule has 3 aromatic rings. The Hall–Kier alpha value is -3.28. The van der Waals surface area contributed by atoms with Crippen molar-refractivity contribution >= 4 is 28.1 Å². The molecule has 0 aliphatic rings. The minimum Gasteiger partial charge on any atom is -0.506 e. The molecule has 6 nitrogen and oxygen atoms in total. The molecule has 0 aliphatic heterocycles. The molecular weight excluding hydrogens is 278 g/mol. The van der Waals surface area contributed by atoms with Gasteiger partial charge in [0.1, 0.15) is 17.1 Å². The molecule has 0 unspecified atom stereocenters. The second kappa shape index (κ2) is 5.61. The molecule has 3 rings (SSSR count). The van der Waals surface area contributed by atoms with Crippen molar-refractivity contribution in [2.75, 3.05) is 0 Å². The number of phenolic OH excluding ortho intramolecular Hbond substituents is 1. The first-order valence-corrected chi connectivity index (χ1v) is 6.58. The van der Waals surface area contributed by atoms with Crippen molar-refractivity contribution in [1.82, 2.24) is 4.98 Å². The first kappa shape index (κ1) is 13.7. The first-order valence-electron chi connectivity index (χ1n) is 6.58. The van der Waals surface area contributed by atoms with Crippen molar-refractivity contribution in [2.45, 2.75) is 0 Å². The number of pyridine rings is 1. The number of aromatic hydroxyl groups is 1. The highest BCUT2D eigenvalue weighted by Gasteiger charge is 2.05. The summed E-state index contributed by atoms with van der Waals surface area (Å²) in [5.74, 6) is 0.124. The molecule has 1 aromatic heterocycles. The number of fused-ring (bicyclic) bond motifs is 1. The van der Waals surface area contributed by atoms with Crippen molar-refractivity contribution in [3.8, 4) is 5.75 Å². The fourth-order valence-electron chi connectivity index (χ4n) is 2.05. The Kier molecular flexibility index (Phi) is 3.49. The van der Waals surface area contributed by atoms with Crippen molar-refractivity contribution < 1.29 is 5.11 Å². The summed E-state index contributed by atoms with van der Waals surface area (Å²) >= 11 is 0. The summed E-state index contributed by atoms with van der Waals surface area (Å²) in [6, 6.07) is 13.7. The third-order valence-electron chi connectivity index (χ3n) is 3.18. The van der Waals surface area contributed by atoms with Gasteiger partial charge in [0.2, 0.25) is 0 Å². The van der Waals surface area contributed by atoms with E-state index in [0.29, 0.717) is 22.5 Å². The quantitative estimate of drug-likeness (QED) is 0.389. The number of rotatable bonds is 3. The molecule has 6 heteroatoms. The normalized spacial score (nSPS) is 11.1. The highest BCUT2D eigenvalue weighted by atomic mass is 16.3. The molecular formula is C16H13N5O. The Bertz CT molecular complexity index is 871. The second-order valence-corrected chi connectivity index (χ2v) is 4.66. The summed E-state index contributed by atoms with van der Waals surface area (Å²) in [6.07, 6.45) is 1.61. The standard InChI is InChI=1S/C16H13N5O/c17-16(18)10-3-5-11(6-4-10)20-21-13-7-8-14(22)15-12(13)2-1-9-19-15/h1-9,22H,(H3,17,18). The summed E-state index contributed by atoms with van der Waals surface area (Å²) in [6.45, 7) is 0. The zero-order valence-corrected chi connectivity index (χ0v) is 11.6. The van der Waals surface area contributed by atoms with E-state index in [0.717, 1.165) is 5.39 Å². The number of aromatic nitrogens is 1. The fraction of sp³-hybridized carbons (Fsp3) is 0. The van der Waals surface area contributed by atoms with Gasteiger partial charge in [0.25, 0.3) is 0 Å². The molecule has 108 valence electrons. The molecule has 0 fully saturated rings. The molecule has 0 saturated carbocycles. The van der Waals surface area contributed by atoms with Crippen LogP contribution in [0.3, 0.4) is 0 Å². The molecule has 0 radical (unpaired) electrons. The van der Waals surface area contributed by atoms with Crippen LogP contribution in [0.25, 0.3) is 10.9 Å². The lowest BCUT2D eigenvalue weighted by Crippen LogP contribution is -2.10. The number of azo groups is 1. The maximum Gasteiger partial charge on any atom is 0.141 e. The van der Waals surface area contributed by atoms with Crippen LogP contribution < -0.4 is 5.73 Å². The summed E-state index contributed by atoms with van der Waals surface area (Å²) < 4.78 is 0. The number of nitrogens with zero attached hydrogens (tertiary/aromatic N) is 3. The van der Waals surface area contributed by atoms with E-state index in [2.05, 4.69) is 15.2 Å². The van der Waals surface area contributed by atoms with E-state index < -0.39 is 0 Å². The van der Waals surface area contributed by atoms with Crippen LogP contribution >= 0.6 is 0 Å². The summed E-state index contributed by atoms with van der Waals surface area (Å²) in [7, 11) is 0. The molecule has 1 heterocycles. The molecule has 0 amide bonds. The summed E-state index contributed by atoms with van der Waals surface area (Å²) in [4.78, 5) is 4.14. The number of nitrogen functional groups attached to an aromatic ring is 1. The van der Waals surface area contributed by atoms with E-state index in [4.69, 9.17) is 11.1 Å². The molecule has 0 saturated heterocycles. The van der Waals surface area contributed by atoms with E-state index in [1.165, 1.54) is 0 Å². The minimum atomic E-state index is 0.0130. The average molecular weight is 291 g/mol. The van der Waals surface area contributed by atoms with Gasteiger partial charge in [0.05, 0.1) is 11.4 Å². The molecule has 22 heavy (non-hydrogen) atoms. The van der Waals surface area contributed by atoms with Gasteiger partial charge in [-0.3, -0.25) is 10.4 Å². The maximum absolute atomic E-state index is 9.80. The minimum absolute atomic E-state index is 0.0130. The molecule has 0 bridgehead atoms. The van der Waals surface area contributed by atoms with E-state index in [9.17, 15) is 5.11 Å². The van der Waals surface area contributed by atoms with Gasteiger partial charge in [-0.15, -0.1) is 5.11 Å². The highest BCUT2D eigenvalue weighted by Crippen LogP contribution is 2.31. The van der Waals surface area contributed by atoms with Crippen molar-refractivity contribution in [3.05, 3.63) is 60.3 Å². The van der Waals surface area contributed by atoms with Gasteiger partial charge in [0, 0.05) is 17.1 Å². The number of phenols is 1. The number of amidine groups is 1. The van der Waals surface area contributed by atoms with Gasteiger partial charge in [-0.2, -0.15) is 5.11 Å². The topological polar surface area (TPSA) is 108 Å². The first-order chi connectivity index (χ1) is 10.6. The van der Waals surface area contributed by atoms with Gasteiger partial charge in [-0.05, 0) is 48.5 Å². The second-order valence-electron chi connectivity index (χ2n) is 4.66. The SMILES string of the molecule is N=C(N)c1ccc(N=Nc2ccc(O)c3ncccc23)cc1. The maximum atomic E-state index is 9.80. The number of hydrogen-bond donors (Lipinski definition) is 3. The fourth-order valence-corrected chi connectivity index (χ4v) is 2.05. The highest BCUT2D eigenvalue weighted by molar-refractivity contribution is 5.95. The summed E-state index contributed by atoms with van der Waals surface area (Å²) in [5, 5.41) is 26.2. The monoisotopic (exact) mass is 291 g/mol. The van der Waals surface area contributed by atoms with Crippen molar-refractivity contribution in [3.63, 3.8) is 0 Å². The van der Waals surface area contributed by atoms with Crippen LogP contribution in [0, 0.1) is 5.41 Å². The number of nitrogens with one attached hydrogen (secondary N) is 1. The summed E-state index contributed by atoms with van der Waals surface area (Å²) in [5.41, 5.74) is 7.80. The molecule has 0 aliphatic carbocycles. The van der Waals surface area contributed by atoms with E-state index in [1.54, 1.807) is 48.7 Å². The van der Waals surface area contributed by atoms with Crippen LogP contribution in [0.15, 0.2) is 65.0 Å². The molecule has 4 N–H and O–H groups in total. The number of benzene rings is 2. The van der Waals surface area contributed by atoms with Crippen LogP contribution in [0.2, 0.25) is 0 Å². The predicted octanol–water partition coefficient (Wildman–Crippen LogP) is 3.64. The van der Waals surface area contributed by atoms with Gasteiger partial charge in [0.15, 0.2) is 0 Å². The van der Waals surface area contributed by atoms with E-state index in [-0.39, 0.29) is 11.6 Å². The Labute approximate surface area is 126 Å². The zero-order chi connectivity index (χ0) is 15.5. The van der Waals surface area contributed by atoms with Crippen molar-refractivity contribution in [1.29, 1.82) is 5.41 Å². The van der Waals surface area contributed by atoms with Crippen LogP contribution in [-0.2, 0) is 0 Å². The lowest BCUT2D eigenvalue weighted by molar-refractivity contribution is 0.480. The Morgan fingerprint density at radius 3 is 2.55 bits per heavy atom. The third kappa shape index (κ3) is 2.62. The van der Waals surface area contributed by atoms with E-state index in [1.807, 2.05) is 6.07 Å². The smallest absolute Gasteiger partial charge is 0.141 e. The molecule has 0 spiro atoms. The largest absolute Gasteiger partial charge is 0.506 e.